The third kappa shape index (κ3) is 4.55. The minimum atomic E-state index is 0.148. The van der Waals surface area contributed by atoms with Gasteiger partial charge in [0.25, 0.3) is 0 Å². The van der Waals surface area contributed by atoms with Gasteiger partial charge in [0.15, 0.2) is 11.5 Å². The van der Waals surface area contributed by atoms with E-state index >= 15 is 0 Å². The molecule has 0 fully saturated rings. The van der Waals surface area contributed by atoms with E-state index in [1.165, 1.54) is 0 Å². The molecule has 0 spiro atoms. The summed E-state index contributed by atoms with van der Waals surface area (Å²) in [5.41, 5.74) is 0. The number of hydrogen-bond acceptors (Lipinski definition) is 3. The van der Waals surface area contributed by atoms with E-state index in [4.69, 9.17) is 9.47 Å². The summed E-state index contributed by atoms with van der Waals surface area (Å²) in [4.78, 5) is 0. The molecule has 1 N–H and O–H groups in total. The Balaban J connectivity index is 2.60. The predicted molar refractivity (Wildman–Crippen MR) is 68.9 cm³/mol. The van der Waals surface area contributed by atoms with E-state index in [2.05, 4.69) is 6.92 Å². The van der Waals surface area contributed by atoms with Gasteiger partial charge in [-0.3, -0.25) is 0 Å². The standard InChI is InChI=1S/C14H22O3/c1-3-5-6-11-17-14-12(15)8-7-9-13(14)16-10-4-2/h7-9,15H,3-6,10-11H2,1-2H3. The third-order valence-electron chi connectivity index (χ3n) is 2.41. The molecule has 0 atom stereocenters. The van der Waals surface area contributed by atoms with Crippen molar-refractivity contribution >= 4 is 0 Å². The number of rotatable bonds is 8. The van der Waals surface area contributed by atoms with Gasteiger partial charge in [0.1, 0.15) is 0 Å². The summed E-state index contributed by atoms with van der Waals surface area (Å²) >= 11 is 0. The fourth-order valence-electron chi connectivity index (χ4n) is 1.50. The summed E-state index contributed by atoms with van der Waals surface area (Å²) in [6.45, 7) is 5.45. The van der Waals surface area contributed by atoms with Crippen LogP contribution in [-0.2, 0) is 0 Å². The highest BCUT2D eigenvalue weighted by atomic mass is 16.5. The molecular formula is C14H22O3. The first kappa shape index (κ1) is 13.7. The Hall–Kier alpha value is -1.38. The summed E-state index contributed by atoms with van der Waals surface area (Å²) in [5, 5.41) is 9.74. The van der Waals surface area contributed by atoms with Crippen LogP contribution in [0.1, 0.15) is 39.5 Å². The van der Waals surface area contributed by atoms with Gasteiger partial charge in [0.05, 0.1) is 13.2 Å². The number of phenolic OH excluding ortho intramolecular Hbond substituents is 1. The van der Waals surface area contributed by atoms with Crippen molar-refractivity contribution in [1.29, 1.82) is 0 Å². The average molecular weight is 238 g/mol. The molecule has 96 valence electrons. The molecule has 0 unspecified atom stereocenters. The van der Waals surface area contributed by atoms with Crippen LogP contribution >= 0.6 is 0 Å². The molecule has 0 saturated heterocycles. The maximum Gasteiger partial charge on any atom is 0.203 e. The lowest BCUT2D eigenvalue weighted by molar-refractivity contribution is 0.253. The minimum absolute atomic E-state index is 0.148. The molecule has 3 heteroatoms. The van der Waals surface area contributed by atoms with Crippen LogP contribution in [0.3, 0.4) is 0 Å². The zero-order valence-corrected chi connectivity index (χ0v) is 10.7. The fraction of sp³-hybridized carbons (Fsp3) is 0.571. The number of para-hydroxylation sites is 1. The molecule has 1 aromatic carbocycles. The second-order valence-electron chi connectivity index (χ2n) is 4.01. The number of phenols is 1. The van der Waals surface area contributed by atoms with E-state index in [0.717, 1.165) is 25.7 Å². The molecule has 0 heterocycles. The molecular weight excluding hydrogens is 216 g/mol. The van der Waals surface area contributed by atoms with Crippen molar-refractivity contribution in [2.45, 2.75) is 39.5 Å². The third-order valence-corrected chi connectivity index (χ3v) is 2.41. The Bertz CT molecular complexity index is 323. The first-order valence-electron chi connectivity index (χ1n) is 6.37. The van der Waals surface area contributed by atoms with Crippen molar-refractivity contribution in [3.05, 3.63) is 18.2 Å². The Labute approximate surface area is 103 Å². The van der Waals surface area contributed by atoms with Crippen LogP contribution < -0.4 is 9.47 Å². The van der Waals surface area contributed by atoms with Gasteiger partial charge in [-0.25, -0.2) is 0 Å². The molecule has 1 aromatic rings. The van der Waals surface area contributed by atoms with Gasteiger partial charge in [0, 0.05) is 0 Å². The summed E-state index contributed by atoms with van der Waals surface area (Å²) in [5.74, 6) is 1.25. The number of unbranched alkanes of at least 4 members (excludes halogenated alkanes) is 2. The molecule has 0 bridgehead atoms. The highest BCUT2D eigenvalue weighted by Gasteiger charge is 2.09. The lowest BCUT2D eigenvalue weighted by Crippen LogP contribution is -2.02. The van der Waals surface area contributed by atoms with Gasteiger partial charge in [0.2, 0.25) is 5.75 Å². The zero-order chi connectivity index (χ0) is 12.5. The van der Waals surface area contributed by atoms with Crippen molar-refractivity contribution in [2.75, 3.05) is 13.2 Å². The molecule has 1 rings (SSSR count). The molecule has 3 nitrogen and oxygen atoms in total. The van der Waals surface area contributed by atoms with Crippen LogP contribution in [0.5, 0.6) is 17.2 Å². The Morgan fingerprint density at radius 3 is 2.53 bits per heavy atom. The van der Waals surface area contributed by atoms with Gasteiger partial charge in [-0.2, -0.15) is 0 Å². The quantitative estimate of drug-likeness (QED) is 0.701. The minimum Gasteiger partial charge on any atom is -0.504 e. The largest absolute Gasteiger partial charge is 0.504 e. The number of ether oxygens (including phenoxy) is 2. The van der Waals surface area contributed by atoms with Gasteiger partial charge in [-0.05, 0) is 25.0 Å². The lowest BCUT2D eigenvalue weighted by atomic mass is 10.2. The molecule has 0 aromatic heterocycles. The zero-order valence-electron chi connectivity index (χ0n) is 10.7. The van der Waals surface area contributed by atoms with E-state index < -0.39 is 0 Å². The van der Waals surface area contributed by atoms with Crippen LogP contribution in [0, 0.1) is 0 Å². The SMILES string of the molecule is CCCCCOc1c(O)cccc1OCCC. The van der Waals surface area contributed by atoms with Gasteiger partial charge < -0.3 is 14.6 Å². The first-order valence-corrected chi connectivity index (χ1v) is 6.37. The second-order valence-corrected chi connectivity index (χ2v) is 4.01. The smallest absolute Gasteiger partial charge is 0.203 e. The topological polar surface area (TPSA) is 38.7 Å². The summed E-state index contributed by atoms with van der Waals surface area (Å²) in [7, 11) is 0. The van der Waals surface area contributed by atoms with E-state index in [0.29, 0.717) is 24.7 Å². The maximum atomic E-state index is 9.74. The molecule has 0 radical (unpaired) electrons. The molecule has 0 aliphatic heterocycles. The average Bonchev–Trinajstić information content (AvgIpc) is 2.34. The molecule has 0 saturated carbocycles. The van der Waals surface area contributed by atoms with Crippen LogP contribution in [0.15, 0.2) is 18.2 Å². The van der Waals surface area contributed by atoms with Gasteiger partial charge in [-0.15, -0.1) is 0 Å². The fourth-order valence-corrected chi connectivity index (χ4v) is 1.50. The Morgan fingerprint density at radius 1 is 1.00 bits per heavy atom. The van der Waals surface area contributed by atoms with E-state index in [9.17, 15) is 5.11 Å². The van der Waals surface area contributed by atoms with Crippen LogP contribution in [0.25, 0.3) is 0 Å². The molecule has 0 aliphatic carbocycles. The van der Waals surface area contributed by atoms with Gasteiger partial charge >= 0.3 is 0 Å². The number of benzene rings is 1. The normalized spacial score (nSPS) is 10.2. The van der Waals surface area contributed by atoms with Crippen molar-refractivity contribution in [3.63, 3.8) is 0 Å². The Kier molecular flexibility index (Phi) is 6.30. The van der Waals surface area contributed by atoms with Crippen molar-refractivity contribution in [3.8, 4) is 17.2 Å². The summed E-state index contributed by atoms with van der Waals surface area (Å²) in [6.07, 6.45) is 4.23. The predicted octanol–water partition coefficient (Wildman–Crippen LogP) is 3.75. The number of aromatic hydroxyl groups is 1. The molecule has 0 amide bonds. The second kappa shape index (κ2) is 7.82. The van der Waals surface area contributed by atoms with E-state index in [-0.39, 0.29) is 5.75 Å². The van der Waals surface area contributed by atoms with E-state index in [1.54, 1.807) is 12.1 Å². The van der Waals surface area contributed by atoms with Crippen LogP contribution in [0.4, 0.5) is 0 Å². The summed E-state index contributed by atoms with van der Waals surface area (Å²) < 4.78 is 11.1. The maximum absolute atomic E-state index is 9.74. The highest BCUT2D eigenvalue weighted by molar-refractivity contribution is 5.50. The van der Waals surface area contributed by atoms with Crippen molar-refractivity contribution < 1.29 is 14.6 Å². The Morgan fingerprint density at radius 2 is 1.82 bits per heavy atom. The van der Waals surface area contributed by atoms with Gasteiger partial charge in [-0.1, -0.05) is 32.8 Å². The van der Waals surface area contributed by atoms with E-state index in [1.807, 2.05) is 13.0 Å². The van der Waals surface area contributed by atoms with Crippen molar-refractivity contribution in [1.82, 2.24) is 0 Å². The van der Waals surface area contributed by atoms with Crippen molar-refractivity contribution in [2.24, 2.45) is 0 Å². The highest BCUT2D eigenvalue weighted by Crippen LogP contribution is 2.36. The van der Waals surface area contributed by atoms with Crippen LogP contribution in [0.2, 0.25) is 0 Å². The number of hydrogen-bond donors (Lipinski definition) is 1. The van der Waals surface area contributed by atoms with Crippen LogP contribution in [-0.4, -0.2) is 18.3 Å². The first-order chi connectivity index (χ1) is 8.29. The molecule has 17 heavy (non-hydrogen) atoms. The summed E-state index contributed by atoms with van der Waals surface area (Å²) in [6, 6.07) is 5.21. The lowest BCUT2D eigenvalue weighted by Gasteiger charge is -2.13. The monoisotopic (exact) mass is 238 g/mol. The molecule has 0 aliphatic rings.